The topological polar surface area (TPSA) is 76.7 Å². The Morgan fingerprint density at radius 3 is 2.24 bits per heavy atom. The van der Waals surface area contributed by atoms with Crippen LogP contribution >= 0.6 is 0 Å². The van der Waals surface area contributed by atoms with Crippen molar-refractivity contribution >= 4 is 23.2 Å². The molecule has 0 heterocycles. The molecule has 132 valence electrons. The van der Waals surface area contributed by atoms with Gasteiger partial charge in [-0.25, -0.2) is 0 Å². The molecule has 2 rings (SSSR count). The molecule has 0 saturated heterocycles. The highest BCUT2D eigenvalue weighted by Crippen LogP contribution is 2.26. The maximum Gasteiger partial charge on any atom is 0.255 e. The summed E-state index contributed by atoms with van der Waals surface area (Å²) in [5, 5.41) is 5.46. The lowest BCUT2D eigenvalue weighted by Crippen LogP contribution is -2.14. The molecular formula is C19H22N2O4. The average molecular weight is 342 g/mol. The van der Waals surface area contributed by atoms with E-state index in [4.69, 9.17) is 9.47 Å². The van der Waals surface area contributed by atoms with Crippen molar-refractivity contribution < 1.29 is 19.1 Å². The monoisotopic (exact) mass is 342 g/mol. The van der Waals surface area contributed by atoms with Crippen LogP contribution in [0.5, 0.6) is 11.5 Å². The Labute approximate surface area is 147 Å². The van der Waals surface area contributed by atoms with E-state index < -0.39 is 0 Å². The fraction of sp³-hybridized carbons (Fsp3) is 0.263. The van der Waals surface area contributed by atoms with Crippen molar-refractivity contribution in [3.63, 3.8) is 0 Å². The van der Waals surface area contributed by atoms with Crippen LogP contribution in [0.15, 0.2) is 42.5 Å². The molecule has 0 unspecified atom stereocenters. The van der Waals surface area contributed by atoms with Gasteiger partial charge in [0.25, 0.3) is 5.91 Å². The molecule has 0 radical (unpaired) electrons. The fourth-order valence-corrected chi connectivity index (χ4v) is 2.23. The normalized spacial score (nSPS) is 10.3. The minimum Gasteiger partial charge on any atom is -0.495 e. The van der Waals surface area contributed by atoms with Gasteiger partial charge in [-0.05, 0) is 56.3 Å². The summed E-state index contributed by atoms with van der Waals surface area (Å²) in [6.07, 6.45) is 0.0898. The zero-order valence-electron chi connectivity index (χ0n) is 14.8. The van der Waals surface area contributed by atoms with Crippen LogP contribution in [0.25, 0.3) is 0 Å². The van der Waals surface area contributed by atoms with Gasteiger partial charge in [-0.2, -0.15) is 0 Å². The van der Waals surface area contributed by atoms with Crippen molar-refractivity contribution in [2.24, 2.45) is 0 Å². The Hall–Kier alpha value is -3.02. The predicted octanol–water partition coefficient (Wildman–Crippen LogP) is 3.69. The molecule has 0 aliphatic carbocycles. The molecule has 0 spiro atoms. The third-order valence-corrected chi connectivity index (χ3v) is 3.26. The fourth-order valence-electron chi connectivity index (χ4n) is 2.23. The number of hydrogen-bond acceptors (Lipinski definition) is 4. The summed E-state index contributed by atoms with van der Waals surface area (Å²) >= 11 is 0. The van der Waals surface area contributed by atoms with E-state index in [0.717, 1.165) is 5.75 Å². The van der Waals surface area contributed by atoms with Crippen molar-refractivity contribution in [1.29, 1.82) is 0 Å². The highest BCUT2D eigenvalue weighted by atomic mass is 16.5. The molecule has 25 heavy (non-hydrogen) atoms. The van der Waals surface area contributed by atoms with Crippen molar-refractivity contribution in [2.75, 3.05) is 17.7 Å². The van der Waals surface area contributed by atoms with Gasteiger partial charge in [0.2, 0.25) is 5.91 Å². The number of nitrogens with one attached hydrogen (secondary N) is 2. The van der Waals surface area contributed by atoms with Crippen molar-refractivity contribution in [2.45, 2.75) is 26.9 Å². The third kappa shape index (κ3) is 5.24. The molecule has 2 aromatic rings. The molecule has 0 aliphatic heterocycles. The zero-order chi connectivity index (χ0) is 18.4. The SMILES string of the molecule is COc1ccc(C(=O)Nc2ccc(OC(C)C)cc2)cc1NC(C)=O. The third-order valence-electron chi connectivity index (χ3n) is 3.26. The molecule has 6 heteroatoms. The molecule has 2 aromatic carbocycles. The number of hydrogen-bond donors (Lipinski definition) is 2. The highest BCUT2D eigenvalue weighted by Gasteiger charge is 2.11. The number of anilines is 2. The summed E-state index contributed by atoms with van der Waals surface area (Å²) in [6.45, 7) is 5.30. The van der Waals surface area contributed by atoms with E-state index in [2.05, 4.69) is 10.6 Å². The number of amides is 2. The largest absolute Gasteiger partial charge is 0.495 e. The molecule has 0 aromatic heterocycles. The molecule has 6 nitrogen and oxygen atoms in total. The molecular weight excluding hydrogens is 320 g/mol. The molecule has 2 amide bonds. The minimum absolute atomic E-state index is 0.0898. The molecule has 0 aliphatic rings. The Morgan fingerprint density at radius 1 is 1.00 bits per heavy atom. The Balaban J connectivity index is 2.13. The van der Waals surface area contributed by atoms with E-state index in [9.17, 15) is 9.59 Å². The van der Waals surface area contributed by atoms with Crippen LogP contribution in [0.2, 0.25) is 0 Å². The lowest BCUT2D eigenvalue weighted by atomic mass is 10.1. The highest BCUT2D eigenvalue weighted by molar-refractivity contribution is 6.05. The summed E-state index contributed by atoms with van der Waals surface area (Å²) in [5.41, 5.74) is 1.51. The van der Waals surface area contributed by atoms with E-state index in [1.165, 1.54) is 14.0 Å². The number of methoxy groups -OCH3 is 1. The lowest BCUT2D eigenvalue weighted by molar-refractivity contribution is -0.114. The van der Waals surface area contributed by atoms with E-state index >= 15 is 0 Å². The Morgan fingerprint density at radius 2 is 1.68 bits per heavy atom. The molecule has 0 atom stereocenters. The standard InChI is InChI=1S/C19H22N2O4/c1-12(2)25-16-8-6-15(7-9-16)21-19(23)14-5-10-18(24-4)17(11-14)20-13(3)22/h5-12H,1-4H3,(H,20,22)(H,21,23). The first-order chi connectivity index (χ1) is 11.9. The van der Waals surface area contributed by atoms with Crippen LogP contribution in [-0.4, -0.2) is 25.0 Å². The van der Waals surface area contributed by atoms with Gasteiger partial charge in [0.15, 0.2) is 0 Å². The second kappa shape index (κ2) is 8.19. The Bertz CT molecular complexity index is 755. The molecule has 0 fully saturated rings. The van der Waals surface area contributed by atoms with E-state index in [1.54, 1.807) is 42.5 Å². The van der Waals surface area contributed by atoms with Gasteiger partial charge in [0.1, 0.15) is 11.5 Å². The zero-order valence-corrected chi connectivity index (χ0v) is 14.8. The van der Waals surface area contributed by atoms with Crippen LogP contribution in [-0.2, 0) is 4.79 Å². The maximum atomic E-state index is 12.4. The Kier molecular flexibility index (Phi) is 6.00. The first-order valence-corrected chi connectivity index (χ1v) is 7.92. The van der Waals surface area contributed by atoms with Crippen LogP contribution in [0, 0.1) is 0 Å². The number of rotatable bonds is 6. The second-order valence-electron chi connectivity index (χ2n) is 5.74. The number of carbonyl (C=O) groups is 2. The summed E-state index contributed by atoms with van der Waals surface area (Å²) in [5.74, 6) is 0.704. The van der Waals surface area contributed by atoms with Gasteiger partial charge < -0.3 is 20.1 Å². The second-order valence-corrected chi connectivity index (χ2v) is 5.74. The number of carbonyl (C=O) groups excluding carboxylic acids is 2. The first-order valence-electron chi connectivity index (χ1n) is 7.92. The first kappa shape index (κ1) is 18.3. The van der Waals surface area contributed by atoms with Gasteiger partial charge in [-0.1, -0.05) is 0 Å². The number of benzene rings is 2. The van der Waals surface area contributed by atoms with Gasteiger partial charge in [-0.3, -0.25) is 9.59 Å². The van der Waals surface area contributed by atoms with E-state index in [0.29, 0.717) is 22.7 Å². The predicted molar refractivity (Wildman–Crippen MR) is 97.5 cm³/mol. The van der Waals surface area contributed by atoms with Crippen molar-refractivity contribution in [3.05, 3.63) is 48.0 Å². The summed E-state index contributed by atoms with van der Waals surface area (Å²) in [4.78, 5) is 23.7. The average Bonchev–Trinajstić information content (AvgIpc) is 2.55. The van der Waals surface area contributed by atoms with Crippen LogP contribution in [0.3, 0.4) is 0 Å². The van der Waals surface area contributed by atoms with Gasteiger partial charge in [0.05, 0.1) is 18.9 Å². The quantitative estimate of drug-likeness (QED) is 0.839. The molecule has 2 N–H and O–H groups in total. The maximum absolute atomic E-state index is 12.4. The van der Waals surface area contributed by atoms with Gasteiger partial charge in [-0.15, -0.1) is 0 Å². The molecule has 0 bridgehead atoms. The minimum atomic E-state index is -0.285. The van der Waals surface area contributed by atoms with Crippen molar-refractivity contribution in [1.82, 2.24) is 0 Å². The summed E-state index contributed by atoms with van der Waals surface area (Å²) in [7, 11) is 1.50. The van der Waals surface area contributed by atoms with Crippen molar-refractivity contribution in [3.8, 4) is 11.5 Å². The number of ether oxygens (including phenoxy) is 2. The van der Waals surface area contributed by atoms with Crippen LogP contribution in [0.4, 0.5) is 11.4 Å². The summed E-state index contributed by atoms with van der Waals surface area (Å²) < 4.78 is 10.8. The van der Waals surface area contributed by atoms with Gasteiger partial charge in [0, 0.05) is 18.2 Å². The van der Waals surface area contributed by atoms with Crippen LogP contribution < -0.4 is 20.1 Å². The summed E-state index contributed by atoms with van der Waals surface area (Å²) in [6, 6.07) is 12.0. The van der Waals surface area contributed by atoms with Crippen LogP contribution in [0.1, 0.15) is 31.1 Å². The molecule has 0 saturated carbocycles. The smallest absolute Gasteiger partial charge is 0.255 e. The lowest BCUT2D eigenvalue weighted by Gasteiger charge is -2.12. The van der Waals surface area contributed by atoms with E-state index in [1.807, 2.05) is 13.8 Å². The van der Waals surface area contributed by atoms with E-state index in [-0.39, 0.29) is 17.9 Å². The van der Waals surface area contributed by atoms with Gasteiger partial charge >= 0.3 is 0 Å².